The number of carbonyl (C=O) groups is 2. The van der Waals surface area contributed by atoms with Crippen molar-refractivity contribution in [3.8, 4) is 0 Å². The van der Waals surface area contributed by atoms with Crippen molar-refractivity contribution in [3.05, 3.63) is 29.3 Å². The van der Waals surface area contributed by atoms with E-state index in [2.05, 4.69) is 5.32 Å². The molecule has 0 bridgehead atoms. The number of nitrogens with zero attached hydrogens (tertiary/aromatic N) is 1. The van der Waals surface area contributed by atoms with Gasteiger partial charge in [-0.05, 0) is 25.0 Å². The number of benzene rings is 1. The Hall–Kier alpha value is -2.04. The third-order valence-corrected chi connectivity index (χ3v) is 3.13. The van der Waals surface area contributed by atoms with E-state index >= 15 is 0 Å². The second-order valence-corrected chi connectivity index (χ2v) is 4.58. The van der Waals surface area contributed by atoms with E-state index in [9.17, 15) is 9.59 Å². The Labute approximate surface area is 105 Å². The molecule has 1 atom stereocenters. The number of nitrogens with one attached hydrogen (secondary N) is 1. The van der Waals surface area contributed by atoms with Crippen LogP contribution in [0.2, 0.25) is 0 Å². The van der Waals surface area contributed by atoms with E-state index in [1.807, 2.05) is 36.9 Å². The van der Waals surface area contributed by atoms with E-state index in [-0.39, 0.29) is 12.5 Å². The molecule has 0 aromatic heterocycles. The molecule has 1 aromatic carbocycles. The lowest BCUT2D eigenvalue weighted by Crippen LogP contribution is -2.57. The summed E-state index contributed by atoms with van der Waals surface area (Å²) in [6.45, 7) is 4.43. The summed E-state index contributed by atoms with van der Waals surface area (Å²) in [5.74, 6) is -1.25. The van der Waals surface area contributed by atoms with Gasteiger partial charge in [0.1, 0.15) is 6.04 Å². The maximum Gasteiger partial charge on any atom is 0.328 e. The van der Waals surface area contributed by atoms with Crippen LogP contribution in [0.4, 0.5) is 5.69 Å². The van der Waals surface area contributed by atoms with Gasteiger partial charge in [0, 0.05) is 12.2 Å². The van der Waals surface area contributed by atoms with E-state index < -0.39 is 12.0 Å². The first-order chi connectivity index (χ1) is 8.49. The largest absolute Gasteiger partial charge is 0.480 e. The van der Waals surface area contributed by atoms with Gasteiger partial charge in [0.15, 0.2) is 0 Å². The van der Waals surface area contributed by atoms with Crippen LogP contribution in [0.5, 0.6) is 0 Å². The average molecular weight is 248 g/mol. The molecule has 2 rings (SSSR count). The first-order valence-corrected chi connectivity index (χ1v) is 5.82. The van der Waals surface area contributed by atoms with Crippen molar-refractivity contribution in [3.63, 3.8) is 0 Å². The summed E-state index contributed by atoms with van der Waals surface area (Å²) in [6, 6.07) is 5.03. The number of carbonyl (C=O) groups excluding carboxylic acids is 1. The topological polar surface area (TPSA) is 69.6 Å². The fourth-order valence-corrected chi connectivity index (χ4v) is 2.36. The minimum Gasteiger partial charge on any atom is -0.480 e. The highest BCUT2D eigenvalue weighted by molar-refractivity contribution is 5.89. The van der Waals surface area contributed by atoms with Crippen molar-refractivity contribution in [2.75, 3.05) is 18.0 Å². The van der Waals surface area contributed by atoms with Gasteiger partial charge < -0.3 is 15.3 Å². The van der Waals surface area contributed by atoms with Crippen LogP contribution in [0.15, 0.2) is 18.2 Å². The van der Waals surface area contributed by atoms with Gasteiger partial charge >= 0.3 is 5.97 Å². The van der Waals surface area contributed by atoms with Crippen LogP contribution in [0.1, 0.15) is 11.1 Å². The van der Waals surface area contributed by atoms with E-state index in [0.717, 1.165) is 16.8 Å². The summed E-state index contributed by atoms with van der Waals surface area (Å²) in [5, 5.41) is 11.5. The normalized spacial score (nSPS) is 19.6. The van der Waals surface area contributed by atoms with Gasteiger partial charge in [-0.2, -0.15) is 0 Å². The first kappa shape index (κ1) is 12.4. The number of hydrogen-bond donors (Lipinski definition) is 2. The molecule has 0 spiro atoms. The summed E-state index contributed by atoms with van der Waals surface area (Å²) in [5.41, 5.74) is 3.06. The second-order valence-electron chi connectivity index (χ2n) is 4.58. The van der Waals surface area contributed by atoms with E-state index in [4.69, 9.17) is 5.11 Å². The minimum absolute atomic E-state index is 0.204. The number of aryl methyl sites for hydroxylation is 2. The predicted octanol–water partition coefficient (Wildman–Crippen LogP) is 0.693. The number of piperazine rings is 1. The molecule has 18 heavy (non-hydrogen) atoms. The molecule has 1 amide bonds. The number of carboxylic acid groups (broad SMARTS) is 1. The lowest BCUT2D eigenvalue weighted by atomic mass is 10.1. The molecule has 1 aliphatic rings. The average Bonchev–Trinajstić information content (AvgIpc) is 2.28. The van der Waals surface area contributed by atoms with Gasteiger partial charge in [0.2, 0.25) is 5.91 Å². The van der Waals surface area contributed by atoms with Crippen molar-refractivity contribution >= 4 is 17.6 Å². The van der Waals surface area contributed by atoms with E-state index in [0.29, 0.717) is 6.54 Å². The maximum atomic E-state index is 11.6. The molecular weight excluding hydrogens is 232 g/mol. The highest BCUT2D eigenvalue weighted by Gasteiger charge is 2.30. The molecule has 1 saturated heterocycles. The van der Waals surface area contributed by atoms with Crippen LogP contribution >= 0.6 is 0 Å². The second kappa shape index (κ2) is 4.68. The van der Waals surface area contributed by atoms with Gasteiger partial charge in [0.25, 0.3) is 0 Å². The summed E-state index contributed by atoms with van der Waals surface area (Å²) in [6.07, 6.45) is 0. The van der Waals surface area contributed by atoms with Crippen molar-refractivity contribution < 1.29 is 14.7 Å². The van der Waals surface area contributed by atoms with E-state index in [1.165, 1.54) is 0 Å². The van der Waals surface area contributed by atoms with Crippen molar-refractivity contribution in [2.24, 2.45) is 0 Å². The standard InChI is InChI=1S/C13H16N2O3/c1-8-4-3-5-9(2)12(8)15-6-10(13(17)18)14-11(16)7-15/h3-5,10H,6-7H2,1-2H3,(H,14,16)(H,17,18). The van der Waals surface area contributed by atoms with Gasteiger partial charge in [-0.3, -0.25) is 4.79 Å². The smallest absolute Gasteiger partial charge is 0.328 e. The Balaban J connectivity index is 2.32. The fourth-order valence-electron chi connectivity index (χ4n) is 2.36. The third-order valence-electron chi connectivity index (χ3n) is 3.13. The lowest BCUT2D eigenvalue weighted by molar-refractivity contribution is -0.142. The molecule has 0 aliphatic carbocycles. The van der Waals surface area contributed by atoms with Crippen LogP contribution in [-0.4, -0.2) is 36.1 Å². The van der Waals surface area contributed by atoms with Crippen LogP contribution in [0.25, 0.3) is 0 Å². The predicted molar refractivity (Wildman–Crippen MR) is 67.7 cm³/mol. The molecule has 0 saturated carbocycles. The number of amides is 1. The molecule has 2 N–H and O–H groups in total. The number of carboxylic acids is 1. The number of rotatable bonds is 2. The van der Waals surface area contributed by atoms with E-state index in [1.54, 1.807) is 0 Å². The number of aliphatic carboxylic acids is 1. The highest BCUT2D eigenvalue weighted by Crippen LogP contribution is 2.25. The van der Waals surface area contributed by atoms with Crippen molar-refractivity contribution in [1.29, 1.82) is 0 Å². The van der Waals surface area contributed by atoms with Gasteiger partial charge in [-0.25, -0.2) is 4.79 Å². The van der Waals surface area contributed by atoms with Crippen LogP contribution in [0.3, 0.4) is 0 Å². The summed E-state index contributed by atoms with van der Waals surface area (Å²) in [7, 11) is 0. The molecule has 1 unspecified atom stereocenters. The Morgan fingerprint density at radius 3 is 2.56 bits per heavy atom. The molecule has 1 aromatic rings. The number of hydrogen-bond acceptors (Lipinski definition) is 3. The third kappa shape index (κ3) is 2.30. The first-order valence-electron chi connectivity index (χ1n) is 5.82. The molecule has 1 fully saturated rings. The van der Waals surface area contributed by atoms with Crippen LogP contribution in [-0.2, 0) is 9.59 Å². The zero-order chi connectivity index (χ0) is 13.3. The van der Waals surface area contributed by atoms with Gasteiger partial charge in [-0.1, -0.05) is 18.2 Å². The van der Waals surface area contributed by atoms with Crippen molar-refractivity contribution in [1.82, 2.24) is 5.32 Å². The molecular formula is C13H16N2O3. The monoisotopic (exact) mass is 248 g/mol. The molecule has 5 heteroatoms. The Morgan fingerprint density at radius 1 is 1.39 bits per heavy atom. The van der Waals surface area contributed by atoms with Crippen LogP contribution < -0.4 is 10.2 Å². The summed E-state index contributed by atoms with van der Waals surface area (Å²) < 4.78 is 0. The van der Waals surface area contributed by atoms with Crippen LogP contribution in [0, 0.1) is 13.8 Å². The Kier molecular flexibility index (Phi) is 3.23. The molecule has 5 nitrogen and oxygen atoms in total. The Bertz CT molecular complexity index is 479. The zero-order valence-corrected chi connectivity index (χ0v) is 10.4. The Morgan fingerprint density at radius 2 is 2.00 bits per heavy atom. The van der Waals surface area contributed by atoms with Gasteiger partial charge in [0.05, 0.1) is 6.54 Å². The minimum atomic E-state index is -1.00. The molecule has 1 aliphatic heterocycles. The molecule has 0 radical (unpaired) electrons. The fraction of sp³-hybridized carbons (Fsp3) is 0.385. The number of para-hydroxylation sites is 1. The summed E-state index contributed by atoms with van der Waals surface area (Å²) >= 11 is 0. The quantitative estimate of drug-likeness (QED) is 0.808. The van der Waals surface area contributed by atoms with Crippen molar-refractivity contribution in [2.45, 2.75) is 19.9 Å². The highest BCUT2D eigenvalue weighted by atomic mass is 16.4. The van der Waals surface area contributed by atoms with Gasteiger partial charge in [-0.15, -0.1) is 0 Å². The summed E-state index contributed by atoms with van der Waals surface area (Å²) in [4.78, 5) is 24.4. The lowest BCUT2D eigenvalue weighted by Gasteiger charge is -2.34. The SMILES string of the molecule is Cc1cccc(C)c1N1CC(=O)NC(C(=O)O)C1. The zero-order valence-electron chi connectivity index (χ0n) is 10.4. The number of anilines is 1. The molecule has 1 heterocycles. The molecule has 96 valence electrons. The maximum absolute atomic E-state index is 11.6.